The highest BCUT2D eigenvalue weighted by Gasteiger charge is 2.55. The molecule has 2 aromatic carbocycles. The van der Waals surface area contributed by atoms with E-state index in [0.717, 1.165) is 5.56 Å². The maximum atomic E-state index is 13.2. The second-order valence-electron chi connectivity index (χ2n) is 8.77. The molecule has 0 amide bonds. The molecular weight excluding hydrogens is 452 g/mol. The molecule has 0 spiro atoms. The minimum atomic E-state index is -1.13. The smallest absolute Gasteiger partial charge is 0.336 e. The zero-order valence-corrected chi connectivity index (χ0v) is 20.0. The Bertz CT molecular complexity index is 1130. The van der Waals surface area contributed by atoms with Crippen LogP contribution in [0.1, 0.15) is 37.8 Å². The molecule has 35 heavy (non-hydrogen) atoms. The van der Waals surface area contributed by atoms with Crippen molar-refractivity contribution in [2.24, 2.45) is 5.92 Å². The van der Waals surface area contributed by atoms with Crippen LogP contribution in [0, 0.1) is 16.0 Å². The Morgan fingerprint density at radius 1 is 1.17 bits per heavy atom. The number of rotatable bonds is 9. The third kappa shape index (κ3) is 5.05. The van der Waals surface area contributed by atoms with Crippen molar-refractivity contribution in [2.45, 2.75) is 38.6 Å². The highest BCUT2D eigenvalue weighted by Crippen LogP contribution is 2.50. The number of nitrogens with zero attached hydrogens (tertiary/aromatic N) is 2. The number of hydrogen-bond donors (Lipinski definition) is 2. The molecule has 9 heteroatoms. The van der Waals surface area contributed by atoms with Gasteiger partial charge in [0.25, 0.3) is 5.69 Å². The maximum absolute atomic E-state index is 13.2. The predicted octanol–water partition coefficient (Wildman–Crippen LogP) is 3.53. The molecule has 3 rings (SSSR count). The van der Waals surface area contributed by atoms with Gasteiger partial charge in [-0.05, 0) is 38.3 Å². The Kier molecular flexibility index (Phi) is 7.91. The van der Waals surface area contributed by atoms with Crippen molar-refractivity contribution >= 4 is 17.6 Å². The Morgan fingerprint density at radius 2 is 1.86 bits per heavy atom. The molecule has 0 fully saturated rings. The lowest BCUT2D eigenvalue weighted by Gasteiger charge is -2.53. The number of carboxylic acid groups (broad SMARTS) is 1. The highest BCUT2D eigenvalue weighted by molar-refractivity contribution is 5.93. The molecule has 0 aliphatic carbocycles. The predicted molar refractivity (Wildman–Crippen MR) is 129 cm³/mol. The quantitative estimate of drug-likeness (QED) is 0.315. The van der Waals surface area contributed by atoms with Crippen LogP contribution < -0.4 is 0 Å². The first-order valence-corrected chi connectivity index (χ1v) is 11.4. The van der Waals surface area contributed by atoms with Gasteiger partial charge in [-0.25, -0.2) is 4.79 Å². The monoisotopic (exact) mass is 482 g/mol. The molecule has 1 heterocycles. The molecule has 0 bridgehead atoms. The van der Waals surface area contributed by atoms with Gasteiger partial charge in [0.15, 0.2) is 0 Å². The molecule has 0 saturated carbocycles. The summed E-state index contributed by atoms with van der Waals surface area (Å²) >= 11 is 0. The first kappa shape index (κ1) is 25.9. The summed E-state index contributed by atoms with van der Waals surface area (Å²) < 4.78 is 5.24. The zero-order valence-electron chi connectivity index (χ0n) is 20.0. The molecule has 3 unspecified atom stereocenters. The summed E-state index contributed by atoms with van der Waals surface area (Å²) in [7, 11) is 0. The first-order chi connectivity index (χ1) is 16.7. The topological polar surface area (TPSA) is 130 Å². The van der Waals surface area contributed by atoms with Gasteiger partial charge in [0.1, 0.15) is 6.61 Å². The molecule has 2 N–H and O–H groups in total. The number of carbonyl (C=O) groups is 2. The summed E-state index contributed by atoms with van der Waals surface area (Å²) in [5.74, 6) is -4.02. The van der Waals surface area contributed by atoms with Gasteiger partial charge < -0.3 is 19.8 Å². The van der Waals surface area contributed by atoms with Crippen LogP contribution in [0.3, 0.4) is 0 Å². The zero-order chi connectivity index (χ0) is 25.8. The fraction of sp³-hybridized carbons (Fsp3) is 0.385. The van der Waals surface area contributed by atoms with Gasteiger partial charge >= 0.3 is 11.9 Å². The van der Waals surface area contributed by atoms with Crippen molar-refractivity contribution < 1.29 is 29.5 Å². The number of nitro benzene ring substituents is 1. The van der Waals surface area contributed by atoms with Crippen LogP contribution in [0.25, 0.3) is 0 Å². The Hall–Kier alpha value is -3.72. The standard InChI is InChI=1S/C26H30N2O7/c1-4-27-17(2)21(25(32)35-14-13-29)22(19-11-8-12-20(15-19)28(33)34)23(24(30)31)26(27,3)16-18-9-6-5-7-10-18/h5-12,15,22-23,29H,4,13-14,16H2,1-3H3,(H,30,31). The van der Waals surface area contributed by atoms with Crippen LogP contribution in [0.15, 0.2) is 65.9 Å². The number of allylic oxidation sites excluding steroid dienone is 1. The van der Waals surface area contributed by atoms with Crippen LogP contribution in [0.5, 0.6) is 0 Å². The Labute approximate surface area is 203 Å². The van der Waals surface area contributed by atoms with Gasteiger partial charge in [0.2, 0.25) is 0 Å². The number of aliphatic hydroxyl groups excluding tert-OH is 1. The van der Waals surface area contributed by atoms with E-state index >= 15 is 0 Å². The number of hydrogen-bond acceptors (Lipinski definition) is 7. The number of aliphatic hydroxyl groups is 1. The van der Waals surface area contributed by atoms with Crippen molar-refractivity contribution in [1.82, 2.24) is 4.90 Å². The summed E-state index contributed by atoms with van der Waals surface area (Å²) in [5, 5.41) is 31.2. The van der Waals surface area contributed by atoms with Crippen molar-refractivity contribution in [1.29, 1.82) is 0 Å². The molecule has 3 atom stereocenters. The fourth-order valence-corrected chi connectivity index (χ4v) is 5.35. The second-order valence-corrected chi connectivity index (χ2v) is 8.77. The van der Waals surface area contributed by atoms with Crippen molar-refractivity contribution in [3.8, 4) is 0 Å². The lowest BCUT2D eigenvalue weighted by Crippen LogP contribution is -2.60. The van der Waals surface area contributed by atoms with Crippen molar-refractivity contribution in [2.75, 3.05) is 19.8 Å². The average Bonchev–Trinajstić information content (AvgIpc) is 2.82. The fourth-order valence-electron chi connectivity index (χ4n) is 5.35. The lowest BCUT2D eigenvalue weighted by molar-refractivity contribution is -0.384. The van der Waals surface area contributed by atoms with Crippen molar-refractivity contribution in [3.63, 3.8) is 0 Å². The number of ether oxygens (including phenoxy) is 1. The minimum Gasteiger partial charge on any atom is -0.481 e. The Balaban J connectivity index is 2.30. The van der Waals surface area contributed by atoms with E-state index in [9.17, 15) is 29.9 Å². The summed E-state index contributed by atoms with van der Waals surface area (Å²) in [4.78, 5) is 39.0. The van der Waals surface area contributed by atoms with E-state index in [2.05, 4.69) is 0 Å². The molecule has 0 radical (unpaired) electrons. The normalized spacial score (nSPS) is 22.1. The van der Waals surface area contributed by atoms with Gasteiger partial charge in [-0.15, -0.1) is 0 Å². The number of benzene rings is 2. The average molecular weight is 483 g/mol. The van der Waals surface area contributed by atoms with Crippen LogP contribution >= 0.6 is 0 Å². The SMILES string of the molecule is CCN1C(C)=C(C(=O)OCCO)C(c2cccc([N+](=O)[O-])c2)C(C(=O)O)C1(C)Cc1ccccc1. The summed E-state index contributed by atoms with van der Waals surface area (Å²) in [6, 6.07) is 15.2. The largest absolute Gasteiger partial charge is 0.481 e. The number of nitro groups is 1. The molecule has 9 nitrogen and oxygen atoms in total. The number of non-ortho nitro benzene ring substituents is 1. The minimum absolute atomic E-state index is 0.124. The second kappa shape index (κ2) is 10.7. The van der Waals surface area contributed by atoms with Gasteiger partial charge in [-0.2, -0.15) is 0 Å². The molecular formula is C26H30N2O7. The van der Waals surface area contributed by atoms with Gasteiger partial charge in [-0.1, -0.05) is 42.5 Å². The summed E-state index contributed by atoms with van der Waals surface area (Å²) in [5.41, 5.74) is 0.771. The van der Waals surface area contributed by atoms with E-state index in [1.807, 2.05) is 49.1 Å². The van der Waals surface area contributed by atoms with Crippen LogP contribution in [-0.4, -0.2) is 57.3 Å². The third-order valence-corrected chi connectivity index (χ3v) is 6.70. The van der Waals surface area contributed by atoms with Crippen LogP contribution in [-0.2, 0) is 20.7 Å². The molecule has 0 saturated heterocycles. The third-order valence-electron chi connectivity index (χ3n) is 6.70. The molecule has 0 aromatic heterocycles. The molecule has 1 aliphatic heterocycles. The number of aliphatic carboxylic acids is 1. The number of esters is 1. The lowest BCUT2D eigenvalue weighted by atomic mass is 9.64. The van der Waals surface area contributed by atoms with E-state index < -0.39 is 34.2 Å². The van der Waals surface area contributed by atoms with Crippen LogP contribution in [0.4, 0.5) is 5.69 Å². The maximum Gasteiger partial charge on any atom is 0.336 e. The van der Waals surface area contributed by atoms with E-state index in [-0.39, 0.29) is 24.5 Å². The van der Waals surface area contributed by atoms with Gasteiger partial charge in [0.05, 0.1) is 28.6 Å². The number of carbonyl (C=O) groups excluding carboxylic acids is 1. The molecule has 2 aromatic rings. The number of likely N-dealkylation sites (N-methyl/N-ethyl adjacent to an activating group) is 1. The first-order valence-electron chi connectivity index (χ1n) is 11.4. The van der Waals surface area contributed by atoms with Gasteiger partial charge in [0, 0.05) is 30.3 Å². The number of carboxylic acids is 1. The van der Waals surface area contributed by atoms with Crippen LogP contribution in [0.2, 0.25) is 0 Å². The van der Waals surface area contributed by atoms with Crippen molar-refractivity contribution in [3.05, 3.63) is 87.1 Å². The highest BCUT2D eigenvalue weighted by atomic mass is 16.6. The van der Waals surface area contributed by atoms with E-state index in [1.54, 1.807) is 13.0 Å². The molecule has 1 aliphatic rings. The van der Waals surface area contributed by atoms with Gasteiger partial charge in [-0.3, -0.25) is 14.9 Å². The summed E-state index contributed by atoms with van der Waals surface area (Å²) in [6.07, 6.45) is 0.375. The Morgan fingerprint density at radius 3 is 2.43 bits per heavy atom. The van der Waals surface area contributed by atoms with E-state index in [4.69, 9.17) is 4.74 Å². The molecule has 186 valence electrons. The van der Waals surface area contributed by atoms with E-state index in [0.29, 0.717) is 24.2 Å². The van der Waals surface area contributed by atoms with E-state index in [1.165, 1.54) is 18.2 Å². The summed E-state index contributed by atoms with van der Waals surface area (Å²) in [6.45, 7) is 5.28.